The molecule has 1 atom stereocenters. The molecule has 2 aromatic heterocycles. The van der Waals surface area contributed by atoms with Crippen LogP contribution in [0.3, 0.4) is 0 Å². The summed E-state index contributed by atoms with van der Waals surface area (Å²) in [5, 5.41) is 14.3. The van der Waals surface area contributed by atoms with Crippen LogP contribution in [-0.2, 0) is 48.2 Å². The molecule has 0 aliphatic rings. The number of benzene rings is 1. The van der Waals surface area contributed by atoms with Crippen molar-refractivity contribution >= 4 is 31.6 Å². The highest BCUT2D eigenvalue weighted by molar-refractivity contribution is 7.90. The predicted molar refractivity (Wildman–Crippen MR) is 200 cm³/mol. The topological polar surface area (TPSA) is 244 Å². The average Bonchev–Trinajstić information content (AvgIpc) is 3.14. The van der Waals surface area contributed by atoms with Gasteiger partial charge in [-0.15, -0.1) is 0 Å². The van der Waals surface area contributed by atoms with Gasteiger partial charge in [-0.3, -0.25) is 9.59 Å². The summed E-state index contributed by atoms with van der Waals surface area (Å²) < 4.78 is 74.8. The number of carboxylic acid groups (broad SMARTS) is 1. The maximum absolute atomic E-state index is 13.2. The van der Waals surface area contributed by atoms with Crippen molar-refractivity contribution in [3.63, 3.8) is 0 Å². The molecule has 18 nitrogen and oxygen atoms in total. The molecule has 0 bridgehead atoms. The molecule has 0 spiro atoms. The summed E-state index contributed by atoms with van der Waals surface area (Å²) in [4.78, 5) is 40.1. The zero-order valence-corrected chi connectivity index (χ0v) is 33.1. The second kappa shape index (κ2) is 23.1. The standard InChI is InChI=1S/C35H50N6O12S2/c1-25(2)31(33(43)44)36-6-5-8-49-10-12-51-14-16-53-17-15-52-13-11-50-9-7-37-32(42)28-19-26(29-21-38-34(39-22-29)54(3,45)46)18-27(20-28)30-23-40-35(41-24-30)55(4,47)48/h18-25,31,36H,5-17H2,1-4H3,(H,37,42)(H,43,44)/t31-/m0/s1. The smallest absolute Gasteiger partial charge is 0.320 e. The van der Waals surface area contributed by atoms with Crippen LogP contribution in [0.1, 0.15) is 30.6 Å². The lowest BCUT2D eigenvalue weighted by Gasteiger charge is -2.17. The van der Waals surface area contributed by atoms with Crippen LogP contribution in [0.2, 0.25) is 0 Å². The van der Waals surface area contributed by atoms with Gasteiger partial charge in [-0.2, -0.15) is 0 Å². The molecule has 0 fully saturated rings. The molecule has 3 aromatic rings. The van der Waals surface area contributed by atoms with Gasteiger partial charge in [0.15, 0.2) is 0 Å². The summed E-state index contributed by atoms with van der Waals surface area (Å²) >= 11 is 0. The number of ether oxygens (including phenoxy) is 5. The highest BCUT2D eigenvalue weighted by atomic mass is 32.2. The molecular weight excluding hydrogens is 761 g/mol. The monoisotopic (exact) mass is 810 g/mol. The molecule has 0 aliphatic heterocycles. The first-order chi connectivity index (χ1) is 26.2. The fourth-order valence-electron chi connectivity index (χ4n) is 4.77. The number of carbonyl (C=O) groups excluding carboxylic acids is 1. The average molecular weight is 811 g/mol. The first-order valence-electron chi connectivity index (χ1n) is 17.5. The van der Waals surface area contributed by atoms with Crippen LogP contribution in [0.4, 0.5) is 0 Å². The molecule has 304 valence electrons. The summed E-state index contributed by atoms with van der Waals surface area (Å²) in [5.41, 5.74) is 2.15. The lowest BCUT2D eigenvalue weighted by atomic mass is 9.98. The number of amides is 1. The maximum atomic E-state index is 13.2. The molecule has 0 radical (unpaired) electrons. The van der Waals surface area contributed by atoms with Gasteiger partial charge in [0.25, 0.3) is 5.91 Å². The van der Waals surface area contributed by atoms with Crippen LogP contribution in [0.5, 0.6) is 0 Å². The van der Waals surface area contributed by atoms with E-state index in [2.05, 4.69) is 30.6 Å². The van der Waals surface area contributed by atoms with E-state index in [-0.39, 0.29) is 34.9 Å². The highest BCUT2D eigenvalue weighted by Crippen LogP contribution is 2.28. The minimum atomic E-state index is -3.62. The lowest BCUT2D eigenvalue weighted by Crippen LogP contribution is -2.41. The van der Waals surface area contributed by atoms with Crippen LogP contribution in [0.25, 0.3) is 22.3 Å². The van der Waals surface area contributed by atoms with Crippen molar-refractivity contribution < 1.29 is 55.2 Å². The second-order valence-corrected chi connectivity index (χ2v) is 16.4. The third-order valence-electron chi connectivity index (χ3n) is 7.56. The molecule has 3 rings (SSSR count). The first-order valence-corrected chi connectivity index (χ1v) is 21.3. The Morgan fingerprint density at radius 2 is 1.02 bits per heavy atom. The fourth-order valence-corrected chi connectivity index (χ4v) is 5.74. The van der Waals surface area contributed by atoms with E-state index in [0.717, 1.165) is 12.5 Å². The number of hydrogen-bond donors (Lipinski definition) is 3. The van der Waals surface area contributed by atoms with Crippen molar-refractivity contribution in [2.75, 3.05) is 91.7 Å². The molecule has 1 aromatic carbocycles. The summed E-state index contributed by atoms with van der Waals surface area (Å²) in [6.45, 7) is 8.33. The van der Waals surface area contributed by atoms with E-state index in [1.54, 1.807) is 18.2 Å². The largest absolute Gasteiger partial charge is 0.480 e. The Morgan fingerprint density at radius 3 is 1.40 bits per heavy atom. The van der Waals surface area contributed by atoms with E-state index < -0.39 is 37.6 Å². The first kappa shape index (κ1) is 45.4. The van der Waals surface area contributed by atoms with Gasteiger partial charge in [0, 0.05) is 67.1 Å². The number of carboxylic acids is 1. The van der Waals surface area contributed by atoms with Gasteiger partial charge in [0.2, 0.25) is 30.0 Å². The van der Waals surface area contributed by atoms with Crippen LogP contribution < -0.4 is 10.6 Å². The minimum absolute atomic E-state index is 0.00890. The van der Waals surface area contributed by atoms with Gasteiger partial charge in [-0.1, -0.05) is 13.8 Å². The Balaban J connectivity index is 1.31. The number of aromatic nitrogens is 4. The minimum Gasteiger partial charge on any atom is -0.480 e. The highest BCUT2D eigenvalue weighted by Gasteiger charge is 2.20. The van der Waals surface area contributed by atoms with Crippen LogP contribution >= 0.6 is 0 Å². The van der Waals surface area contributed by atoms with Crippen molar-refractivity contribution in [1.29, 1.82) is 0 Å². The van der Waals surface area contributed by atoms with Crippen molar-refractivity contribution in [3.8, 4) is 22.3 Å². The molecule has 55 heavy (non-hydrogen) atoms. The number of rotatable bonds is 27. The molecule has 0 saturated carbocycles. The molecule has 20 heteroatoms. The molecule has 0 aliphatic carbocycles. The van der Waals surface area contributed by atoms with Crippen LogP contribution in [0.15, 0.2) is 53.3 Å². The zero-order chi connectivity index (χ0) is 40.3. The summed E-state index contributed by atoms with van der Waals surface area (Å²) in [6, 6.07) is 4.33. The molecule has 2 heterocycles. The molecule has 1 amide bonds. The molecule has 0 unspecified atom stereocenters. The van der Waals surface area contributed by atoms with Crippen LogP contribution in [-0.4, -0.2) is 151 Å². The van der Waals surface area contributed by atoms with Gasteiger partial charge in [-0.25, -0.2) is 36.8 Å². The Hall–Kier alpha value is -4.02. The van der Waals surface area contributed by atoms with E-state index in [1.165, 1.54) is 24.8 Å². The van der Waals surface area contributed by atoms with E-state index >= 15 is 0 Å². The number of nitrogens with zero attached hydrogens (tertiary/aromatic N) is 4. The molecular formula is C35H50N6O12S2. The predicted octanol–water partition coefficient (Wildman–Crippen LogP) is 1.31. The number of nitrogens with one attached hydrogen (secondary N) is 2. The van der Waals surface area contributed by atoms with Gasteiger partial charge in [0.1, 0.15) is 6.04 Å². The maximum Gasteiger partial charge on any atom is 0.320 e. The second-order valence-electron chi connectivity index (χ2n) is 12.5. The lowest BCUT2D eigenvalue weighted by molar-refractivity contribution is -0.140. The van der Waals surface area contributed by atoms with Gasteiger partial charge < -0.3 is 39.4 Å². The number of sulfone groups is 2. The van der Waals surface area contributed by atoms with E-state index in [0.29, 0.717) is 94.7 Å². The normalized spacial score (nSPS) is 12.5. The summed E-state index contributed by atoms with van der Waals surface area (Å²) in [5.74, 6) is -1.26. The van der Waals surface area contributed by atoms with Crippen molar-refractivity contribution in [2.45, 2.75) is 36.6 Å². The van der Waals surface area contributed by atoms with Crippen molar-refractivity contribution in [1.82, 2.24) is 30.6 Å². The molecule has 3 N–H and O–H groups in total. The van der Waals surface area contributed by atoms with Crippen molar-refractivity contribution in [3.05, 3.63) is 48.5 Å². The van der Waals surface area contributed by atoms with Gasteiger partial charge >= 0.3 is 5.97 Å². The van der Waals surface area contributed by atoms with Crippen LogP contribution in [0, 0.1) is 5.92 Å². The van der Waals surface area contributed by atoms with Gasteiger partial charge in [0.05, 0.1) is 59.5 Å². The van der Waals surface area contributed by atoms with Crippen molar-refractivity contribution in [2.24, 2.45) is 5.92 Å². The third kappa shape index (κ3) is 16.7. The Kier molecular flexibility index (Phi) is 19.1. The third-order valence-corrected chi connectivity index (χ3v) is 9.31. The number of hydrogen-bond acceptors (Lipinski definition) is 16. The summed E-state index contributed by atoms with van der Waals surface area (Å²) in [7, 11) is -7.24. The molecule has 0 saturated heterocycles. The summed E-state index contributed by atoms with van der Waals surface area (Å²) in [6.07, 6.45) is 8.04. The Morgan fingerprint density at radius 1 is 0.618 bits per heavy atom. The number of aliphatic carboxylic acids is 1. The van der Waals surface area contributed by atoms with E-state index in [1.807, 2.05) is 13.8 Å². The fraction of sp³-hybridized carbons (Fsp3) is 0.543. The van der Waals surface area contributed by atoms with E-state index in [9.17, 15) is 26.4 Å². The SMILES string of the molecule is CC(C)[C@H](NCCCOCCOCCOCCOCCOCCNC(=O)c1cc(-c2cnc(S(C)(=O)=O)nc2)cc(-c2cnc(S(C)(=O)=O)nc2)c1)C(=O)O. The van der Waals surface area contributed by atoms with E-state index in [4.69, 9.17) is 28.8 Å². The Labute approximate surface area is 321 Å². The Bertz CT molecular complexity index is 1770. The van der Waals surface area contributed by atoms with Gasteiger partial charge in [-0.05, 0) is 48.2 Å². The zero-order valence-electron chi connectivity index (χ0n) is 31.4. The number of carbonyl (C=O) groups is 2. The quantitative estimate of drug-likeness (QED) is 0.0726.